The van der Waals surface area contributed by atoms with Crippen LogP contribution in [0.4, 0.5) is 0 Å². The second-order valence-electron chi connectivity index (χ2n) is 5.11. The Bertz CT molecular complexity index is 290. The summed E-state index contributed by atoms with van der Waals surface area (Å²) < 4.78 is 0. The molecule has 1 heterocycles. The molecule has 1 aromatic rings. The van der Waals surface area contributed by atoms with Crippen molar-refractivity contribution in [3.63, 3.8) is 0 Å². The van der Waals surface area contributed by atoms with E-state index in [1.165, 1.54) is 0 Å². The third-order valence-corrected chi connectivity index (χ3v) is 2.36. The molecule has 0 fully saturated rings. The molecule has 1 atom stereocenters. The summed E-state index contributed by atoms with van der Waals surface area (Å²) in [5.41, 5.74) is 1.29. The van der Waals surface area contributed by atoms with Gasteiger partial charge < -0.3 is 10.6 Å². The zero-order valence-corrected chi connectivity index (χ0v) is 10.7. The van der Waals surface area contributed by atoms with Crippen LogP contribution >= 0.6 is 0 Å². The van der Waals surface area contributed by atoms with Crippen LogP contribution in [0.5, 0.6) is 0 Å². The number of nitrogens with one attached hydrogen (secondary N) is 2. The van der Waals surface area contributed by atoms with Crippen molar-refractivity contribution in [2.24, 2.45) is 0 Å². The molecule has 0 bridgehead atoms. The summed E-state index contributed by atoms with van der Waals surface area (Å²) in [5.74, 6) is 0. The number of nitrogens with zero attached hydrogens (tertiary/aromatic N) is 1. The lowest BCUT2D eigenvalue weighted by atomic mass is 10.1. The number of hydrogen-bond donors (Lipinski definition) is 2. The highest BCUT2D eigenvalue weighted by Gasteiger charge is 2.08. The molecule has 0 amide bonds. The fourth-order valence-corrected chi connectivity index (χ4v) is 1.46. The van der Waals surface area contributed by atoms with Gasteiger partial charge in [0.2, 0.25) is 0 Å². The minimum atomic E-state index is 0.190. The van der Waals surface area contributed by atoms with Crippen molar-refractivity contribution in [1.82, 2.24) is 15.6 Å². The molecule has 0 saturated heterocycles. The first-order chi connectivity index (χ1) is 7.49. The Balaban J connectivity index is 2.24. The first-order valence-electron chi connectivity index (χ1n) is 5.88. The molecule has 1 rings (SSSR count). The van der Waals surface area contributed by atoms with Crippen molar-refractivity contribution in [3.05, 3.63) is 30.1 Å². The molecule has 16 heavy (non-hydrogen) atoms. The lowest BCUT2D eigenvalue weighted by molar-refractivity contribution is 0.413. The third kappa shape index (κ3) is 5.24. The molecular weight excluding hydrogens is 198 g/mol. The lowest BCUT2D eigenvalue weighted by Gasteiger charge is -2.21. The number of hydrogen-bond acceptors (Lipinski definition) is 3. The SMILES string of the molecule is C[C@H](NCCNC(C)(C)C)c1ccccn1. The zero-order chi connectivity index (χ0) is 12.0. The first-order valence-corrected chi connectivity index (χ1v) is 5.88. The highest BCUT2D eigenvalue weighted by Crippen LogP contribution is 2.06. The van der Waals surface area contributed by atoms with Gasteiger partial charge in [0.05, 0.1) is 5.69 Å². The lowest BCUT2D eigenvalue weighted by Crippen LogP contribution is -2.40. The van der Waals surface area contributed by atoms with Crippen LogP contribution in [-0.4, -0.2) is 23.6 Å². The fraction of sp³-hybridized carbons (Fsp3) is 0.615. The Morgan fingerprint density at radius 3 is 2.56 bits per heavy atom. The van der Waals surface area contributed by atoms with Crippen LogP contribution in [0, 0.1) is 0 Å². The van der Waals surface area contributed by atoms with Crippen molar-refractivity contribution in [2.45, 2.75) is 39.3 Å². The van der Waals surface area contributed by atoms with Gasteiger partial charge in [0.1, 0.15) is 0 Å². The highest BCUT2D eigenvalue weighted by molar-refractivity contribution is 5.07. The van der Waals surface area contributed by atoms with Gasteiger partial charge in [-0.1, -0.05) is 6.07 Å². The molecule has 3 nitrogen and oxygen atoms in total. The van der Waals surface area contributed by atoms with E-state index in [-0.39, 0.29) is 5.54 Å². The molecule has 2 N–H and O–H groups in total. The Labute approximate surface area is 98.7 Å². The van der Waals surface area contributed by atoms with Gasteiger partial charge in [0.25, 0.3) is 0 Å². The number of aromatic nitrogens is 1. The molecule has 1 aromatic heterocycles. The Hall–Kier alpha value is -0.930. The van der Waals surface area contributed by atoms with E-state index in [1.807, 2.05) is 18.3 Å². The van der Waals surface area contributed by atoms with Gasteiger partial charge >= 0.3 is 0 Å². The van der Waals surface area contributed by atoms with Gasteiger partial charge in [0, 0.05) is 30.9 Å². The van der Waals surface area contributed by atoms with Crippen LogP contribution in [0.15, 0.2) is 24.4 Å². The van der Waals surface area contributed by atoms with Gasteiger partial charge in [-0.05, 0) is 39.8 Å². The molecular formula is C13H23N3. The summed E-state index contributed by atoms with van der Waals surface area (Å²) in [6, 6.07) is 6.32. The van der Waals surface area contributed by atoms with Crippen molar-refractivity contribution < 1.29 is 0 Å². The molecule has 90 valence electrons. The minimum absolute atomic E-state index is 0.190. The zero-order valence-electron chi connectivity index (χ0n) is 10.7. The van der Waals surface area contributed by atoms with E-state index in [9.17, 15) is 0 Å². The monoisotopic (exact) mass is 221 g/mol. The molecule has 0 radical (unpaired) electrons. The van der Waals surface area contributed by atoms with E-state index in [2.05, 4.69) is 49.4 Å². The van der Waals surface area contributed by atoms with Gasteiger partial charge in [-0.15, -0.1) is 0 Å². The summed E-state index contributed by atoms with van der Waals surface area (Å²) in [5, 5.41) is 6.89. The molecule has 0 aliphatic rings. The van der Waals surface area contributed by atoms with Crippen LogP contribution in [-0.2, 0) is 0 Å². The molecule has 3 heteroatoms. The average molecular weight is 221 g/mol. The fourth-order valence-electron chi connectivity index (χ4n) is 1.46. The average Bonchev–Trinajstić information content (AvgIpc) is 2.24. The third-order valence-electron chi connectivity index (χ3n) is 2.36. The Morgan fingerprint density at radius 1 is 1.25 bits per heavy atom. The largest absolute Gasteiger partial charge is 0.311 e. The quantitative estimate of drug-likeness (QED) is 0.748. The maximum atomic E-state index is 4.32. The standard InChI is InChI=1S/C13H23N3/c1-11(12-7-5-6-8-15-12)14-9-10-16-13(2,3)4/h5-8,11,14,16H,9-10H2,1-4H3/t11-/m0/s1. The molecule has 0 aliphatic heterocycles. The molecule has 0 saturated carbocycles. The van der Waals surface area contributed by atoms with Gasteiger partial charge in [-0.25, -0.2) is 0 Å². The maximum Gasteiger partial charge on any atom is 0.0570 e. The molecule has 0 aliphatic carbocycles. The van der Waals surface area contributed by atoms with Crippen molar-refractivity contribution in [2.75, 3.05) is 13.1 Å². The summed E-state index contributed by atoms with van der Waals surface area (Å²) in [6.07, 6.45) is 1.83. The maximum absolute atomic E-state index is 4.32. The van der Waals surface area contributed by atoms with Crippen LogP contribution < -0.4 is 10.6 Å². The van der Waals surface area contributed by atoms with Gasteiger partial charge in [-0.2, -0.15) is 0 Å². The van der Waals surface area contributed by atoms with Crippen LogP contribution in [0.25, 0.3) is 0 Å². The van der Waals surface area contributed by atoms with E-state index < -0.39 is 0 Å². The predicted molar refractivity (Wildman–Crippen MR) is 68.4 cm³/mol. The molecule has 0 unspecified atom stereocenters. The molecule has 0 spiro atoms. The number of pyridine rings is 1. The van der Waals surface area contributed by atoms with Gasteiger partial charge in [-0.3, -0.25) is 4.98 Å². The first kappa shape index (κ1) is 13.1. The highest BCUT2D eigenvalue weighted by atomic mass is 15.0. The summed E-state index contributed by atoms with van der Waals surface area (Å²) in [7, 11) is 0. The Kier molecular flexibility index (Phi) is 4.90. The smallest absolute Gasteiger partial charge is 0.0570 e. The van der Waals surface area contributed by atoms with E-state index in [4.69, 9.17) is 0 Å². The van der Waals surface area contributed by atoms with Crippen molar-refractivity contribution in [1.29, 1.82) is 0 Å². The van der Waals surface area contributed by atoms with Gasteiger partial charge in [0.15, 0.2) is 0 Å². The number of rotatable bonds is 5. The van der Waals surface area contributed by atoms with Crippen LogP contribution in [0.2, 0.25) is 0 Å². The van der Waals surface area contributed by atoms with E-state index in [1.54, 1.807) is 0 Å². The van der Waals surface area contributed by atoms with E-state index in [0.29, 0.717) is 6.04 Å². The van der Waals surface area contributed by atoms with Crippen molar-refractivity contribution in [3.8, 4) is 0 Å². The minimum Gasteiger partial charge on any atom is -0.311 e. The summed E-state index contributed by atoms with van der Waals surface area (Å²) in [6.45, 7) is 10.6. The topological polar surface area (TPSA) is 37.0 Å². The summed E-state index contributed by atoms with van der Waals surface area (Å²) in [4.78, 5) is 4.32. The van der Waals surface area contributed by atoms with Crippen LogP contribution in [0.1, 0.15) is 39.4 Å². The Morgan fingerprint density at radius 2 is 2.00 bits per heavy atom. The van der Waals surface area contributed by atoms with E-state index in [0.717, 1.165) is 18.8 Å². The van der Waals surface area contributed by atoms with Crippen LogP contribution in [0.3, 0.4) is 0 Å². The normalized spacial score (nSPS) is 13.8. The summed E-state index contributed by atoms with van der Waals surface area (Å²) >= 11 is 0. The second kappa shape index (κ2) is 5.97. The van der Waals surface area contributed by atoms with E-state index >= 15 is 0 Å². The second-order valence-corrected chi connectivity index (χ2v) is 5.11. The van der Waals surface area contributed by atoms with Crippen molar-refractivity contribution >= 4 is 0 Å². The molecule has 0 aromatic carbocycles. The predicted octanol–water partition coefficient (Wildman–Crippen LogP) is 2.12.